The first kappa shape index (κ1) is 20.9. The Morgan fingerprint density at radius 3 is 2.69 bits per heavy atom. The number of hydrogen-bond acceptors (Lipinski definition) is 5. The molecule has 0 aliphatic heterocycles. The van der Waals surface area contributed by atoms with E-state index in [2.05, 4.69) is 20.6 Å². The lowest BCUT2D eigenvalue weighted by atomic mass is 10.2. The first-order chi connectivity index (χ1) is 13.8. The number of aromatic nitrogens is 2. The van der Waals surface area contributed by atoms with E-state index in [1.165, 1.54) is 18.2 Å². The van der Waals surface area contributed by atoms with E-state index in [-0.39, 0.29) is 40.8 Å². The predicted octanol–water partition coefficient (Wildman–Crippen LogP) is 3.36. The van der Waals surface area contributed by atoms with Gasteiger partial charge in [-0.3, -0.25) is 14.9 Å². The van der Waals surface area contributed by atoms with E-state index in [1.807, 2.05) is 0 Å². The van der Waals surface area contributed by atoms with E-state index < -0.39 is 18.9 Å². The number of nitrogens with one attached hydrogen (secondary N) is 2. The highest BCUT2D eigenvalue weighted by Crippen LogP contribution is 2.29. The molecule has 1 aliphatic carbocycles. The van der Waals surface area contributed by atoms with Gasteiger partial charge in [0.1, 0.15) is 18.1 Å². The van der Waals surface area contributed by atoms with Gasteiger partial charge in [-0.2, -0.15) is 0 Å². The topological polar surface area (TPSA) is 93.2 Å². The highest BCUT2D eigenvalue weighted by atomic mass is 35.5. The SMILES string of the molecule is Cc1cc(C(=O)NCc2ccc(OCC(F)F)cc2Cl)nc(NC(=O)C2CC2)n1. The van der Waals surface area contributed by atoms with Gasteiger partial charge in [-0.15, -0.1) is 0 Å². The van der Waals surface area contributed by atoms with Crippen LogP contribution in [0.1, 0.15) is 34.6 Å². The first-order valence-corrected chi connectivity index (χ1v) is 9.33. The highest BCUT2D eigenvalue weighted by molar-refractivity contribution is 6.31. The Balaban J connectivity index is 1.61. The quantitative estimate of drug-likeness (QED) is 0.677. The van der Waals surface area contributed by atoms with Crippen LogP contribution in [-0.4, -0.2) is 34.8 Å². The van der Waals surface area contributed by atoms with Gasteiger partial charge in [-0.1, -0.05) is 17.7 Å². The number of rotatable bonds is 8. The maximum Gasteiger partial charge on any atom is 0.272 e. The summed E-state index contributed by atoms with van der Waals surface area (Å²) in [7, 11) is 0. The summed E-state index contributed by atoms with van der Waals surface area (Å²) in [4.78, 5) is 32.5. The lowest BCUT2D eigenvalue weighted by molar-refractivity contribution is -0.117. The standard InChI is InChI=1S/C19H19ClF2N4O3/c1-10-6-15(25-19(24-10)26-17(27)11-2-3-11)18(28)23-8-12-4-5-13(7-14(12)20)29-9-16(21)22/h4-7,11,16H,2-3,8-9H2,1H3,(H,23,28)(H,24,25,26,27). The third-order valence-corrected chi connectivity index (χ3v) is 4.46. The van der Waals surface area contributed by atoms with Crippen molar-refractivity contribution in [2.45, 2.75) is 32.7 Å². The Kier molecular flexibility index (Phi) is 6.58. The largest absolute Gasteiger partial charge is 0.488 e. The maximum atomic E-state index is 12.4. The number of anilines is 1. The van der Waals surface area contributed by atoms with Crippen molar-refractivity contribution >= 4 is 29.4 Å². The van der Waals surface area contributed by atoms with Crippen molar-refractivity contribution in [2.75, 3.05) is 11.9 Å². The van der Waals surface area contributed by atoms with E-state index in [1.54, 1.807) is 13.0 Å². The number of alkyl halides is 2. The number of carbonyl (C=O) groups is 2. The van der Waals surface area contributed by atoms with Gasteiger partial charge in [0, 0.05) is 23.2 Å². The van der Waals surface area contributed by atoms with Gasteiger partial charge in [-0.05, 0) is 43.5 Å². The van der Waals surface area contributed by atoms with E-state index >= 15 is 0 Å². The van der Waals surface area contributed by atoms with E-state index in [0.29, 0.717) is 11.3 Å². The van der Waals surface area contributed by atoms with Crippen molar-refractivity contribution in [3.63, 3.8) is 0 Å². The second-order valence-electron chi connectivity index (χ2n) is 6.62. The summed E-state index contributed by atoms with van der Waals surface area (Å²) < 4.78 is 29.3. The van der Waals surface area contributed by atoms with Gasteiger partial charge in [0.05, 0.1) is 0 Å². The molecule has 1 saturated carbocycles. The Morgan fingerprint density at radius 1 is 1.28 bits per heavy atom. The highest BCUT2D eigenvalue weighted by Gasteiger charge is 2.30. The molecule has 3 rings (SSSR count). The van der Waals surface area contributed by atoms with Crippen LogP contribution in [0.3, 0.4) is 0 Å². The predicted molar refractivity (Wildman–Crippen MR) is 102 cm³/mol. The fourth-order valence-electron chi connectivity index (χ4n) is 2.49. The van der Waals surface area contributed by atoms with Crippen LogP contribution in [0.5, 0.6) is 5.75 Å². The molecule has 154 valence electrons. The van der Waals surface area contributed by atoms with Gasteiger partial charge in [0.15, 0.2) is 0 Å². The van der Waals surface area contributed by atoms with E-state index in [4.69, 9.17) is 16.3 Å². The third-order valence-electron chi connectivity index (χ3n) is 4.11. The maximum absolute atomic E-state index is 12.4. The van der Waals surface area contributed by atoms with Crippen molar-refractivity contribution < 1.29 is 23.1 Å². The summed E-state index contributed by atoms with van der Waals surface area (Å²) in [5.74, 6) is -0.320. The molecule has 0 bridgehead atoms. The molecule has 1 aromatic heterocycles. The molecular formula is C19H19ClF2N4O3. The smallest absolute Gasteiger partial charge is 0.272 e. The number of hydrogen-bond donors (Lipinski definition) is 2. The number of amides is 2. The molecule has 1 aliphatic rings. The molecule has 0 spiro atoms. The minimum atomic E-state index is -2.58. The molecule has 2 aromatic rings. The minimum absolute atomic E-state index is 0.00817. The molecule has 0 unspecified atom stereocenters. The summed E-state index contributed by atoms with van der Waals surface area (Å²) >= 11 is 6.13. The number of nitrogens with zero attached hydrogens (tertiary/aromatic N) is 2. The van der Waals surface area contributed by atoms with Gasteiger partial charge >= 0.3 is 0 Å². The zero-order chi connectivity index (χ0) is 21.0. The molecule has 0 saturated heterocycles. The van der Waals surface area contributed by atoms with Gasteiger partial charge in [-0.25, -0.2) is 18.7 Å². The van der Waals surface area contributed by atoms with Crippen molar-refractivity contribution in [1.29, 1.82) is 0 Å². The summed E-state index contributed by atoms with van der Waals surface area (Å²) in [5, 5.41) is 5.57. The van der Waals surface area contributed by atoms with Gasteiger partial charge in [0.25, 0.3) is 12.3 Å². The van der Waals surface area contributed by atoms with Crippen LogP contribution in [0, 0.1) is 12.8 Å². The molecular weight excluding hydrogens is 406 g/mol. The molecule has 1 aromatic carbocycles. The fraction of sp³-hybridized carbons (Fsp3) is 0.368. The normalized spacial score (nSPS) is 13.3. The number of ether oxygens (including phenoxy) is 1. The van der Waals surface area contributed by atoms with Crippen molar-refractivity contribution in [1.82, 2.24) is 15.3 Å². The average Bonchev–Trinajstić information content (AvgIpc) is 3.50. The lowest BCUT2D eigenvalue weighted by Crippen LogP contribution is -2.25. The van der Waals surface area contributed by atoms with Crippen LogP contribution in [0.2, 0.25) is 5.02 Å². The summed E-state index contributed by atoms with van der Waals surface area (Å²) in [6.45, 7) is 1.07. The monoisotopic (exact) mass is 424 g/mol. The zero-order valence-corrected chi connectivity index (χ0v) is 16.3. The Morgan fingerprint density at radius 2 is 2.03 bits per heavy atom. The second-order valence-corrected chi connectivity index (χ2v) is 7.03. The number of carbonyl (C=O) groups excluding carboxylic acids is 2. The van der Waals surface area contributed by atoms with Crippen LogP contribution in [0.25, 0.3) is 0 Å². The molecule has 2 amide bonds. The van der Waals surface area contributed by atoms with Crippen LogP contribution in [0.4, 0.5) is 14.7 Å². The van der Waals surface area contributed by atoms with Crippen molar-refractivity contribution in [3.8, 4) is 5.75 Å². The molecule has 2 N–H and O–H groups in total. The van der Waals surface area contributed by atoms with Crippen LogP contribution in [0.15, 0.2) is 24.3 Å². The molecule has 0 radical (unpaired) electrons. The molecule has 29 heavy (non-hydrogen) atoms. The summed E-state index contributed by atoms with van der Waals surface area (Å²) in [6, 6.07) is 5.99. The number of benzene rings is 1. The Bertz CT molecular complexity index is 922. The minimum Gasteiger partial charge on any atom is -0.488 e. The van der Waals surface area contributed by atoms with Gasteiger partial charge < -0.3 is 10.1 Å². The lowest BCUT2D eigenvalue weighted by Gasteiger charge is -2.11. The zero-order valence-electron chi connectivity index (χ0n) is 15.5. The number of halogens is 3. The number of aryl methyl sites for hydroxylation is 1. The van der Waals surface area contributed by atoms with Crippen LogP contribution in [-0.2, 0) is 11.3 Å². The third kappa shape index (κ3) is 6.08. The summed E-state index contributed by atoms with van der Waals surface area (Å²) in [6.07, 6.45) is -0.891. The molecule has 0 atom stereocenters. The van der Waals surface area contributed by atoms with Crippen LogP contribution >= 0.6 is 11.6 Å². The Hall–Kier alpha value is -2.81. The first-order valence-electron chi connectivity index (χ1n) is 8.96. The molecule has 7 nitrogen and oxygen atoms in total. The van der Waals surface area contributed by atoms with Crippen LogP contribution < -0.4 is 15.4 Å². The molecule has 1 fully saturated rings. The van der Waals surface area contributed by atoms with E-state index in [9.17, 15) is 18.4 Å². The van der Waals surface area contributed by atoms with Crippen molar-refractivity contribution in [2.24, 2.45) is 5.92 Å². The average molecular weight is 425 g/mol. The molecule has 10 heteroatoms. The Labute approximate surface area is 170 Å². The van der Waals surface area contributed by atoms with Crippen molar-refractivity contribution in [3.05, 3.63) is 46.2 Å². The second kappa shape index (κ2) is 9.13. The van der Waals surface area contributed by atoms with E-state index in [0.717, 1.165) is 12.8 Å². The van der Waals surface area contributed by atoms with Gasteiger partial charge in [0.2, 0.25) is 11.9 Å². The molecule has 1 heterocycles. The fourth-order valence-corrected chi connectivity index (χ4v) is 2.72. The summed E-state index contributed by atoms with van der Waals surface area (Å²) in [5.41, 5.74) is 1.23.